The fourth-order valence-electron chi connectivity index (χ4n) is 10.9. The quantitative estimate of drug-likeness (QED) is 0.139. The van der Waals surface area contributed by atoms with Crippen LogP contribution in [0.1, 0.15) is 75.8 Å². The summed E-state index contributed by atoms with van der Waals surface area (Å²) in [4.78, 5) is 2.46. The monoisotopic (exact) mass is 812 g/mol. The maximum atomic E-state index is 2.53. The number of benzene rings is 8. The number of nitrogens with zero attached hydrogens (tertiary/aromatic N) is 2. The molecule has 0 N–H and O–H groups in total. The SMILES string of the molecule is C/C=C(\C=C/CC)c1ccc(N(c2ccc3c(c2)C(C)(C)c2cc4c(cc2-3)C(C)(C)c2c(-c3ccccc3)cccc2-4)c2ccc3c4ccccc4n(-c4ccccc4)c3c2)cc1. The van der Waals surface area contributed by atoms with E-state index in [2.05, 4.69) is 245 Å². The van der Waals surface area contributed by atoms with E-state index in [1.807, 2.05) is 0 Å². The molecule has 0 atom stereocenters. The first-order chi connectivity index (χ1) is 30.7. The summed E-state index contributed by atoms with van der Waals surface area (Å²) < 4.78 is 2.41. The van der Waals surface area contributed by atoms with Crippen molar-refractivity contribution in [1.82, 2.24) is 4.57 Å². The maximum absolute atomic E-state index is 2.53. The zero-order valence-electron chi connectivity index (χ0n) is 37.1. The summed E-state index contributed by atoms with van der Waals surface area (Å²) in [5.41, 5.74) is 22.6. The van der Waals surface area contributed by atoms with E-state index in [1.54, 1.807) is 0 Å². The lowest BCUT2D eigenvalue weighted by atomic mass is 9.77. The molecular formula is C61H52N2. The number of para-hydroxylation sites is 2. The molecule has 1 heterocycles. The molecule has 1 aromatic heterocycles. The van der Waals surface area contributed by atoms with Crippen LogP contribution in [-0.2, 0) is 10.8 Å². The second-order valence-electron chi connectivity index (χ2n) is 18.3. The molecule has 0 radical (unpaired) electrons. The van der Waals surface area contributed by atoms with Crippen molar-refractivity contribution in [3.05, 3.63) is 222 Å². The Morgan fingerprint density at radius 2 is 1.11 bits per heavy atom. The van der Waals surface area contributed by atoms with Gasteiger partial charge in [0.05, 0.1) is 11.0 Å². The van der Waals surface area contributed by atoms with Gasteiger partial charge in [-0.25, -0.2) is 0 Å². The lowest BCUT2D eigenvalue weighted by Crippen LogP contribution is -2.18. The Morgan fingerprint density at radius 3 is 1.86 bits per heavy atom. The predicted molar refractivity (Wildman–Crippen MR) is 269 cm³/mol. The fourth-order valence-corrected chi connectivity index (χ4v) is 10.9. The topological polar surface area (TPSA) is 8.17 Å². The number of fused-ring (bicyclic) bond motifs is 9. The Hall–Kier alpha value is -7.16. The molecule has 8 aromatic carbocycles. The van der Waals surface area contributed by atoms with E-state index >= 15 is 0 Å². The van der Waals surface area contributed by atoms with E-state index in [0.29, 0.717) is 0 Å². The Kier molecular flexibility index (Phi) is 9.07. The van der Waals surface area contributed by atoms with E-state index in [-0.39, 0.29) is 10.8 Å². The highest BCUT2D eigenvalue weighted by Gasteiger charge is 2.43. The largest absolute Gasteiger partial charge is 0.310 e. The molecule has 2 aliphatic carbocycles. The molecule has 63 heavy (non-hydrogen) atoms. The third kappa shape index (κ3) is 5.99. The zero-order chi connectivity index (χ0) is 43.0. The van der Waals surface area contributed by atoms with Crippen LogP contribution < -0.4 is 4.90 Å². The smallest absolute Gasteiger partial charge is 0.0561 e. The van der Waals surface area contributed by atoms with Gasteiger partial charge in [-0.2, -0.15) is 0 Å². The minimum absolute atomic E-state index is 0.151. The minimum Gasteiger partial charge on any atom is -0.310 e. The lowest BCUT2D eigenvalue weighted by molar-refractivity contribution is 0.653. The standard InChI is InChI=1S/C61H52N2/c1-7-9-19-40(8-2)41-28-30-44(31-29-41)62(46-33-35-50-49-24-16-17-27-57(49)63(58(50)37-46)43-22-14-11-15-23-43)45-32-34-48-52-38-56-53(39-55(52)60(3,4)54(48)36-45)51-26-18-25-47(59(51)61(56,5)6)42-20-12-10-13-21-42/h8-39H,7H2,1-6H3/b19-9-,40-8+. The zero-order valence-corrected chi connectivity index (χ0v) is 37.1. The second kappa shape index (κ2) is 14.7. The lowest BCUT2D eigenvalue weighted by Gasteiger charge is -2.28. The summed E-state index contributed by atoms with van der Waals surface area (Å²) in [5.74, 6) is 0. The van der Waals surface area contributed by atoms with Crippen molar-refractivity contribution in [3.63, 3.8) is 0 Å². The summed E-state index contributed by atoms with van der Waals surface area (Å²) in [6, 6.07) is 65.7. The van der Waals surface area contributed by atoms with Crippen molar-refractivity contribution in [2.45, 2.75) is 58.8 Å². The van der Waals surface area contributed by atoms with Crippen LogP contribution in [0.2, 0.25) is 0 Å². The van der Waals surface area contributed by atoms with Crippen LogP contribution in [0.15, 0.2) is 194 Å². The summed E-state index contributed by atoms with van der Waals surface area (Å²) >= 11 is 0. The molecule has 0 unspecified atom stereocenters. The predicted octanol–water partition coefficient (Wildman–Crippen LogP) is 16.9. The maximum Gasteiger partial charge on any atom is 0.0561 e. The van der Waals surface area contributed by atoms with E-state index in [9.17, 15) is 0 Å². The average molecular weight is 813 g/mol. The summed E-state index contributed by atoms with van der Waals surface area (Å²) in [6.45, 7) is 14.0. The van der Waals surface area contributed by atoms with Crippen molar-refractivity contribution < 1.29 is 0 Å². The number of hydrogen-bond donors (Lipinski definition) is 0. The molecule has 0 saturated carbocycles. The van der Waals surface area contributed by atoms with Crippen molar-refractivity contribution in [3.8, 4) is 39.1 Å². The third-order valence-corrected chi connectivity index (χ3v) is 14.0. The van der Waals surface area contributed by atoms with E-state index < -0.39 is 0 Å². The van der Waals surface area contributed by atoms with Crippen LogP contribution in [0, 0.1) is 0 Å². The van der Waals surface area contributed by atoms with Gasteiger partial charge in [-0.05, 0) is 147 Å². The number of aromatic nitrogens is 1. The number of anilines is 3. The van der Waals surface area contributed by atoms with E-state index in [0.717, 1.165) is 29.2 Å². The average Bonchev–Trinajstić information content (AvgIpc) is 3.85. The first-order valence-corrected chi connectivity index (χ1v) is 22.5. The summed E-state index contributed by atoms with van der Waals surface area (Å²) in [7, 11) is 0. The van der Waals surface area contributed by atoms with Crippen molar-refractivity contribution in [2.24, 2.45) is 0 Å². The summed E-state index contributed by atoms with van der Waals surface area (Å²) in [5, 5.41) is 2.50. The van der Waals surface area contributed by atoms with Gasteiger partial charge in [0.15, 0.2) is 0 Å². The Morgan fingerprint density at radius 1 is 0.508 bits per heavy atom. The molecule has 0 aliphatic heterocycles. The highest BCUT2D eigenvalue weighted by atomic mass is 15.1. The van der Waals surface area contributed by atoms with E-state index in [1.165, 1.54) is 88.6 Å². The Labute approximate surface area is 372 Å². The summed E-state index contributed by atoms with van der Waals surface area (Å²) in [6.07, 6.45) is 7.68. The van der Waals surface area contributed by atoms with Crippen molar-refractivity contribution in [2.75, 3.05) is 4.90 Å². The van der Waals surface area contributed by atoms with Gasteiger partial charge in [0.25, 0.3) is 0 Å². The second-order valence-corrected chi connectivity index (χ2v) is 18.3. The van der Waals surface area contributed by atoms with Crippen molar-refractivity contribution >= 4 is 44.4 Å². The fraction of sp³-hybridized carbons (Fsp3) is 0.148. The van der Waals surface area contributed by atoms with Gasteiger partial charge in [-0.1, -0.05) is 162 Å². The Bertz CT molecular complexity index is 3300. The first-order valence-electron chi connectivity index (χ1n) is 22.5. The van der Waals surface area contributed by atoms with Crippen LogP contribution in [0.4, 0.5) is 17.1 Å². The highest BCUT2D eigenvalue weighted by molar-refractivity contribution is 6.10. The van der Waals surface area contributed by atoms with Gasteiger partial charge in [0.1, 0.15) is 0 Å². The minimum atomic E-state index is -0.217. The van der Waals surface area contributed by atoms with Crippen LogP contribution in [-0.4, -0.2) is 4.57 Å². The molecule has 0 saturated heterocycles. The molecule has 0 spiro atoms. The molecule has 2 aliphatic rings. The van der Waals surface area contributed by atoms with Gasteiger partial charge in [0, 0.05) is 44.4 Å². The van der Waals surface area contributed by atoms with Gasteiger partial charge >= 0.3 is 0 Å². The molecule has 9 aromatic rings. The molecule has 0 amide bonds. The number of rotatable bonds is 8. The molecule has 306 valence electrons. The van der Waals surface area contributed by atoms with Gasteiger partial charge in [-0.15, -0.1) is 0 Å². The molecule has 2 nitrogen and oxygen atoms in total. The van der Waals surface area contributed by atoms with Crippen molar-refractivity contribution in [1.29, 1.82) is 0 Å². The molecule has 2 heteroatoms. The van der Waals surface area contributed by atoms with Crippen LogP contribution in [0.25, 0.3) is 66.4 Å². The first kappa shape index (κ1) is 38.7. The van der Waals surface area contributed by atoms with Crippen LogP contribution >= 0.6 is 0 Å². The third-order valence-electron chi connectivity index (χ3n) is 14.0. The van der Waals surface area contributed by atoms with E-state index in [4.69, 9.17) is 0 Å². The van der Waals surface area contributed by atoms with Gasteiger partial charge in [0.2, 0.25) is 0 Å². The number of allylic oxidation sites excluding steroid dienone is 4. The molecule has 0 bridgehead atoms. The van der Waals surface area contributed by atoms with Crippen LogP contribution in [0.3, 0.4) is 0 Å². The highest BCUT2D eigenvalue weighted by Crippen LogP contribution is 2.58. The number of hydrogen-bond acceptors (Lipinski definition) is 1. The van der Waals surface area contributed by atoms with Gasteiger partial charge < -0.3 is 9.47 Å². The molecule has 11 rings (SSSR count). The molecule has 0 fully saturated rings. The Balaban J connectivity index is 1.07. The van der Waals surface area contributed by atoms with Crippen LogP contribution in [0.5, 0.6) is 0 Å². The van der Waals surface area contributed by atoms with Gasteiger partial charge in [-0.3, -0.25) is 0 Å². The normalized spacial score (nSPS) is 14.5. The molecular weight excluding hydrogens is 761 g/mol.